The lowest BCUT2D eigenvalue weighted by Gasteiger charge is -2.08. The van der Waals surface area contributed by atoms with Crippen LogP contribution in [-0.4, -0.2) is 25.7 Å². The lowest BCUT2D eigenvalue weighted by molar-refractivity contribution is 0.102. The molecule has 0 atom stereocenters. The Morgan fingerprint density at radius 1 is 1.21 bits per heavy atom. The minimum atomic E-state index is -0.204. The molecule has 0 radical (unpaired) electrons. The molecule has 4 aromatic rings. The highest BCUT2D eigenvalue weighted by atomic mass is 32.1. The molecule has 0 saturated heterocycles. The van der Waals surface area contributed by atoms with Crippen molar-refractivity contribution < 1.29 is 4.79 Å². The zero-order valence-corrected chi connectivity index (χ0v) is 16.8. The van der Waals surface area contributed by atoms with Crippen molar-refractivity contribution in [2.24, 2.45) is 0 Å². The second-order valence-corrected chi connectivity index (χ2v) is 7.66. The van der Waals surface area contributed by atoms with Gasteiger partial charge < -0.3 is 0 Å². The molecular weight excluding hydrogens is 370 g/mol. The van der Waals surface area contributed by atoms with Crippen LogP contribution < -0.4 is 5.32 Å². The number of aryl methyl sites for hydroxylation is 1. The number of hydrogen-bond acceptors (Lipinski definition) is 5. The number of nitrogens with zero attached hydrogens (tertiary/aromatic N) is 4. The Bertz CT molecular complexity index is 1130. The fourth-order valence-electron chi connectivity index (χ4n) is 3.00. The molecule has 0 bridgehead atoms. The van der Waals surface area contributed by atoms with E-state index in [4.69, 9.17) is 4.98 Å². The molecule has 142 valence electrons. The monoisotopic (exact) mass is 391 g/mol. The van der Waals surface area contributed by atoms with Crippen LogP contribution in [0.1, 0.15) is 42.7 Å². The number of aromatic nitrogens is 4. The molecule has 0 aliphatic rings. The van der Waals surface area contributed by atoms with Gasteiger partial charge in [-0.2, -0.15) is 5.10 Å². The van der Waals surface area contributed by atoms with Gasteiger partial charge in [-0.1, -0.05) is 44.2 Å². The maximum Gasteiger partial charge on any atom is 0.258 e. The third kappa shape index (κ3) is 3.41. The summed E-state index contributed by atoms with van der Waals surface area (Å²) in [6.07, 6.45) is 1.71. The predicted octanol–water partition coefficient (Wildman–Crippen LogP) is 4.95. The Balaban J connectivity index is 1.78. The van der Waals surface area contributed by atoms with E-state index >= 15 is 0 Å². The van der Waals surface area contributed by atoms with Crippen LogP contribution in [0.5, 0.6) is 0 Å². The molecule has 0 fully saturated rings. The Kier molecular flexibility index (Phi) is 4.92. The van der Waals surface area contributed by atoms with Crippen molar-refractivity contribution in [3.63, 3.8) is 0 Å². The second kappa shape index (κ2) is 7.52. The third-order valence-electron chi connectivity index (χ3n) is 4.56. The van der Waals surface area contributed by atoms with Crippen molar-refractivity contribution in [1.29, 1.82) is 0 Å². The van der Waals surface area contributed by atoms with E-state index in [0.717, 1.165) is 22.3 Å². The maximum atomic E-state index is 13.1. The number of benzene rings is 1. The first kappa shape index (κ1) is 18.3. The van der Waals surface area contributed by atoms with Gasteiger partial charge in [0.25, 0.3) is 5.91 Å². The maximum absolute atomic E-state index is 13.1. The van der Waals surface area contributed by atoms with Gasteiger partial charge in [0.05, 0.1) is 28.5 Å². The number of carbonyl (C=O) groups is 1. The Morgan fingerprint density at radius 3 is 2.68 bits per heavy atom. The molecule has 1 N–H and O–H groups in total. The van der Waals surface area contributed by atoms with E-state index in [0.29, 0.717) is 28.8 Å². The standard InChI is InChI=1S/C21H21N5OS/c1-4-26-19-16(11-22-26)15(10-17(23-19)14-8-6-5-7-9-14)20(27)25-21-24-18(12-28-21)13(2)3/h5-13H,4H2,1-3H3,(H,24,25,27). The first-order chi connectivity index (χ1) is 13.6. The fraction of sp³-hybridized carbons (Fsp3) is 0.238. The summed E-state index contributed by atoms with van der Waals surface area (Å²) < 4.78 is 1.80. The number of rotatable bonds is 5. The van der Waals surface area contributed by atoms with Crippen LogP contribution in [0.4, 0.5) is 5.13 Å². The van der Waals surface area contributed by atoms with Crippen molar-refractivity contribution in [1.82, 2.24) is 19.7 Å². The average Bonchev–Trinajstić information content (AvgIpc) is 3.34. The molecule has 0 aliphatic carbocycles. The van der Waals surface area contributed by atoms with Gasteiger partial charge in [0.2, 0.25) is 0 Å². The Hall–Kier alpha value is -3.06. The summed E-state index contributed by atoms with van der Waals surface area (Å²) in [4.78, 5) is 22.3. The summed E-state index contributed by atoms with van der Waals surface area (Å²) in [5, 5.41) is 10.6. The molecule has 0 aliphatic heterocycles. The molecule has 1 aromatic carbocycles. The summed E-state index contributed by atoms with van der Waals surface area (Å²) in [5.74, 6) is 0.117. The minimum Gasteiger partial charge on any atom is -0.298 e. The summed E-state index contributed by atoms with van der Waals surface area (Å²) in [6, 6.07) is 11.7. The highest BCUT2D eigenvalue weighted by Crippen LogP contribution is 2.27. The summed E-state index contributed by atoms with van der Waals surface area (Å²) in [7, 11) is 0. The molecule has 1 amide bonds. The van der Waals surface area contributed by atoms with Crippen molar-refractivity contribution in [2.75, 3.05) is 5.32 Å². The van der Waals surface area contributed by atoms with Crippen molar-refractivity contribution in [2.45, 2.75) is 33.2 Å². The number of hydrogen-bond donors (Lipinski definition) is 1. The van der Waals surface area contributed by atoms with Gasteiger partial charge in [-0.3, -0.25) is 10.1 Å². The van der Waals surface area contributed by atoms with Gasteiger partial charge in [0.1, 0.15) is 0 Å². The third-order valence-corrected chi connectivity index (χ3v) is 5.33. The molecule has 0 saturated carbocycles. The van der Waals surface area contributed by atoms with Crippen molar-refractivity contribution >= 4 is 33.4 Å². The smallest absolute Gasteiger partial charge is 0.258 e. The quantitative estimate of drug-likeness (QED) is 0.522. The predicted molar refractivity (Wildman–Crippen MR) is 113 cm³/mol. The van der Waals surface area contributed by atoms with Crippen LogP contribution in [0, 0.1) is 0 Å². The topological polar surface area (TPSA) is 72.7 Å². The lowest BCUT2D eigenvalue weighted by atomic mass is 10.1. The minimum absolute atomic E-state index is 0.204. The zero-order valence-electron chi connectivity index (χ0n) is 16.0. The van der Waals surface area contributed by atoms with Crippen LogP contribution in [0.25, 0.3) is 22.3 Å². The van der Waals surface area contributed by atoms with Gasteiger partial charge in [0.15, 0.2) is 10.8 Å². The lowest BCUT2D eigenvalue weighted by Crippen LogP contribution is -2.13. The molecule has 6 nitrogen and oxygen atoms in total. The molecule has 3 aromatic heterocycles. The van der Waals surface area contributed by atoms with Crippen LogP contribution >= 0.6 is 11.3 Å². The number of anilines is 1. The summed E-state index contributed by atoms with van der Waals surface area (Å²) in [5.41, 5.74) is 3.93. The van der Waals surface area contributed by atoms with Gasteiger partial charge in [0, 0.05) is 17.5 Å². The van der Waals surface area contributed by atoms with Gasteiger partial charge in [-0.25, -0.2) is 14.6 Å². The van der Waals surface area contributed by atoms with Crippen LogP contribution in [0.15, 0.2) is 48.0 Å². The number of carbonyl (C=O) groups excluding carboxylic acids is 1. The molecule has 4 rings (SSSR count). The largest absolute Gasteiger partial charge is 0.298 e. The number of thiazole rings is 1. The second-order valence-electron chi connectivity index (χ2n) is 6.81. The molecule has 0 unspecified atom stereocenters. The van der Waals surface area contributed by atoms with Gasteiger partial charge in [-0.15, -0.1) is 11.3 Å². The van der Waals surface area contributed by atoms with E-state index in [1.807, 2.05) is 48.7 Å². The number of fused-ring (bicyclic) bond motifs is 1. The molecular formula is C21H21N5OS. The number of nitrogens with one attached hydrogen (secondary N) is 1. The van der Waals surface area contributed by atoms with E-state index in [9.17, 15) is 4.79 Å². The first-order valence-corrected chi connectivity index (χ1v) is 10.1. The number of amides is 1. The average molecular weight is 392 g/mol. The SMILES string of the molecule is CCn1ncc2c(C(=O)Nc3nc(C(C)C)cs3)cc(-c3ccccc3)nc21. The van der Waals surface area contributed by atoms with Gasteiger partial charge >= 0.3 is 0 Å². The fourth-order valence-corrected chi connectivity index (χ4v) is 3.86. The summed E-state index contributed by atoms with van der Waals surface area (Å²) in [6.45, 7) is 6.85. The number of pyridine rings is 1. The molecule has 3 heterocycles. The Labute approximate surface area is 167 Å². The van der Waals surface area contributed by atoms with E-state index in [1.54, 1.807) is 10.9 Å². The van der Waals surface area contributed by atoms with Crippen LogP contribution in [0.3, 0.4) is 0 Å². The molecule has 7 heteroatoms. The van der Waals surface area contributed by atoms with E-state index in [2.05, 4.69) is 29.2 Å². The van der Waals surface area contributed by atoms with E-state index in [-0.39, 0.29) is 5.91 Å². The molecule has 0 spiro atoms. The first-order valence-electron chi connectivity index (χ1n) is 9.25. The normalized spacial score (nSPS) is 11.3. The Morgan fingerprint density at radius 2 is 2.00 bits per heavy atom. The zero-order chi connectivity index (χ0) is 19.7. The highest BCUT2D eigenvalue weighted by Gasteiger charge is 2.18. The van der Waals surface area contributed by atoms with Crippen LogP contribution in [-0.2, 0) is 6.54 Å². The molecule has 28 heavy (non-hydrogen) atoms. The van der Waals surface area contributed by atoms with Gasteiger partial charge in [-0.05, 0) is 18.9 Å². The van der Waals surface area contributed by atoms with E-state index < -0.39 is 0 Å². The highest BCUT2D eigenvalue weighted by molar-refractivity contribution is 7.14. The van der Waals surface area contributed by atoms with Crippen molar-refractivity contribution in [3.8, 4) is 11.3 Å². The van der Waals surface area contributed by atoms with Crippen molar-refractivity contribution in [3.05, 3.63) is 59.2 Å². The van der Waals surface area contributed by atoms with Crippen LogP contribution in [0.2, 0.25) is 0 Å². The summed E-state index contributed by atoms with van der Waals surface area (Å²) >= 11 is 1.44. The van der Waals surface area contributed by atoms with E-state index in [1.165, 1.54) is 11.3 Å².